The second kappa shape index (κ2) is 6.16. The van der Waals surface area contributed by atoms with Crippen molar-refractivity contribution in [2.75, 3.05) is 19.8 Å². The standard InChI is InChI=1S/C11H13F3N2O4/c12-11(13,14)7-1-2-8(15-3-7)9(20)16-10(4-17,5-18)6-19/h1-3,17-19H,4-6H2,(H,16,20). The summed E-state index contributed by atoms with van der Waals surface area (Å²) in [5, 5.41) is 29.2. The van der Waals surface area contributed by atoms with Crippen molar-refractivity contribution < 1.29 is 33.3 Å². The largest absolute Gasteiger partial charge is 0.417 e. The summed E-state index contributed by atoms with van der Waals surface area (Å²) in [6.45, 7) is -2.23. The number of carbonyl (C=O) groups excluding carboxylic acids is 1. The van der Waals surface area contributed by atoms with Gasteiger partial charge >= 0.3 is 6.18 Å². The summed E-state index contributed by atoms with van der Waals surface area (Å²) in [5.41, 5.74) is -3.01. The van der Waals surface area contributed by atoms with Crippen LogP contribution in [0, 0.1) is 0 Å². The van der Waals surface area contributed by atoms with Crippen molar-refractivity contribution in [3.05, 3.63) is 29.6 Å². The van der Waals surface area contributed by atoms with Crippen molar-refractivity contribution in [3.8, 4) is 0 Å². The number of rotatable bonds is 5. The second-order valence-corrected chi connectivity index (χ2v) is 4.14. The highest BCUT2D eigenvalue weighted by Gasteiger charge is 2.33. The molecule has 0 aliphatic rings. The van der Waals surface area contributed by atoms with E-state index in [-0.39, 0.29) is 5.69 Å². The lowest BCUT2D eigenvalue weighted by Crippen LogP contribution is -2.57. The fourth-order valence-corrected chi connectivity index (χ4v) is 1.27. The van der Waals surface area contributed by atoms with Gasteiger partial charge in [0.15, 0.2) is 0 Å². The summed E-state index contributed by atoms with van der Waals surface area (Å²) in [4.78, 5) is 15.1. The SMILES string of the molecule is O=C(NC(CO)(CO)CO)c1ccc(C(F)(F)F)cn1. The first-order valence-corrected chi connectivity index (χ1v) is 5.46. The summed E-state index contributed by atoms with van der Waals surface area (Å²) >= 11 is 0. The van der Waals surface area contributed by atoms with Crippen molar-refractivity contribution in [2.24, 2.45) is 0 Å². The third kappa shape index (κ3) is 3.65. The van der Waals surface area contributed by atoms with Crippen LogP contribution in [0.3, 0.4) is 0 Å². The first kappa shape index (κ1) is 16.3. The van der Waals surface area contributed by atoms with Crippen LogP contribution in [0.5, 0.6) is 0 Å². The average Bonchev–Trinajstić information content (AvgIpc) is 2.44. The molecule has 0 fully saturated rings. The summed E-state index contributed by atoms with van der Waals surface area (Å²) < 4.78 is 36.9. The Kier molecular flexibility index (Phi) is 5.03. The van der Waals surface area contributed by atoms with Crippen LogP contribution < -0.4 is 5.32 Å². The van der Waals surface area contributed by atoms with Crippen LogP contribution in [0.2, 0.25) is 0 Å². The maximum Gasteiger partial charge on any atom is 0.417 e. The molecule has 0 spiro atoms. The molecule has 0 aromatic carbocycles. The number of aliphatic hydroxyl groups is 3. The number of hydrogen-bond acceptors (Lipinski definition) is 5. The lowest BCUT2D eigenvalue weighted by Gasteiger charge is -2.28. The van der Waals surface area contributed by atoms with Gasteiger partial charge in [0.1, 0.15) is 11.2 Å². The number of aromatic nitrogens is 1. The minimum absolute atomic E-state index is 0.335. The Bertz CT molecular complexity index is 449. The Balaban J connectivity index is 2.88. The number of carbonyl (C=O) groups is 1. The first-order chi connectivity index (χ1) is 9.28. The third-order valence-electron chi connectivity index (χ3n) is 2.61. The molecule has 0 aliphatic carbocycles. The first-order valence-electron chi connectivity index (χ1n) is 5.46. The van der Waals surface area contributed by atoms with Gasteiger partial charge in [-0.2, -0.15) is 13.2 Å². The van der Waals surface area contributed by atoms with Crippen LogP contribution in [0.1, 0.15) is 16.1 Å². The van der Waals surface area contributed by atoms with Gasteiger partial charge in [0.05, 0.1) is 25.4 Å². The fraction of sp³-hybridized carbons (Fsp3) is 0.455. The zero-order valence-electron chi connectivity index (χ0n) is 10.2. The van der Waals surface area contributed by atoms with Gasteiger partial charge in [-0.05, 0) is 12.1 Å². The molecule has 0 saturated heterocycles. The van der Waals surface area contributed by atoms with E-state index in [0.717, 1.165) is 6.07 Å². The van der Waals surface area contributed by atoms with E-state index in [0.29, 0.717) is 12.3 Å². The minimum atomic E-state index is -4.56. The number of pyridine rings is 1. The van der Waals surface area contributed by atoms with Crippen LogP contribution >= 0.6 is 0 Å². The van der Waals surface area contributed by atoms with E-state index in [1.165, 1.54) is 0 Å². The molecule has 4 N–H and O–H groups in total. The van der Waals surface area contributed by atoms with E-state index >= 15 is 0 Å². The highest BCUT2D eigenvalue weighted by molar-refractivity contribution is 5.92. The van der Waals surface area contributed by atoms with E-state index < -0.39 is 43.0 Å². The van der Waals surface area contributed by atoms with Gasteiger partial charge in [-0.15, -0.1) is 0 Å². The van der Waals surface area contributed by atoms with E-state index in [1.807, 2.05) is 0 Å². The normalized spacial score (nSPS) is 12.3. The topological polar surface area (TPSA) is 103 Å². The quantitative estimate of drug-likeness (QED) is 0.589. The number of nitrogens with zero attached hydrogens (tertiary/aromatic N) is 1. The van der Waals surface area contributed by atoms with Crippen molar-refractivity contribution in [3.63, 3.8) is 0 Å². The lowest BCUT2D eigenvalue weighted by molar-refractivity contribution is -0.137. The highest BCUT2D eigenvalue weighted by atomic mass is 19.4. The molecule has 112 valence electrons. The van der Waals surface area contributed by atoms with Crippen molar-refractivity contribution in [1.82, 2.24) is 10.3 Å². The molecule has 0 unspecified atom stereocenters. The van der Waals surface area contributed by atoms with E-state index in [1.54, 1.807) is 0 Å². The molecule has 9 heteroatoms. The molecule has 0 saturated carbocycles. The Hall–Kier alpha value is -1.71. The minimum Gasteiger partial charge on any atom is -0.394 e. The Morgan fingerprint density at radius 3 is 2.05 bits per heavy atom. The Morgan fingerprint density at radius 1 is 1.15 bits per heavy atom. The summed E-state index contributed by atoms with van der Waals surface area (Å²) in [6, 6.07) is 1.54. The highest BCUT2D eigenvalue weighted by Crippen LogP contribution is 2.28. The lowest BCUT2D eigenvalue weighted by atomic mass is 10.0. The Morgan fingerprint density at radius 2 is 1.70 bits per heavy atom. The maximum absolute atomic E-state index is 12.3. The number of aliphatic hydroxyl groups excluding tert-OH is 3. The number of nitrogens with one attached hydrogen (secondary N) is 1. The number of amides is 1. The van der Waals surface area contributed by atoms with E-state index in [2.05, 4.69) is 10.3 Å². The Labute approximate surface area is 111 Å². The monoisotopic (exact) mass is 294 g/mol. The number of halogens is 3. The third-order valence-corrected chi connectivity index (χ3v) is 2.61. The molecule has 1 heterocycles. The molecule has 1 aromatic heterocycles. The smallest absolute Gasteiger partial charge is 0.394 e. The zero-order chi connectivity index (χ0) is 15.4. The van der Waals surface area contributed by atoms with E-state index in [9.17, 15) is 18.0 Å². The summed E-state index contributed by atoms with van der Waals surface area (Å²) in [5.74, 6) is -0.920. The van der Waals surface area contributed by atoms with Crippen LogP contribution in [0.4, 0.5) is 13.2 Å². The van der Waals surface area contributed by atoms with Gasteiger partial charge in [0, 0.05) is 6.20 Å². The second-order valence-electron chi connectivity index (χ2n) is 4.14. The zero-order valence-corrected chi connectivity index (χ0v) is 10.2. The van der Waals surface area contributed by atoms with Crippen LogP contribution in [-0.4, -0.2) is 51.6 Å². The van der Waals surface area contributed by atoms with E-state index in [4.69, 9.17) is 15.3 Å². The molecule has 0 radical (unpaired) electrons. The predicted octanol–water partition coefficient (Wildman–Crippen LogP) is -0.454. The molecular weight excluding hydrogens is 281 g/mol. The van der Waals surface area contributed by atoms with Gasteiger partial charge in [-0.3, -0.25) is 9.78 Å². The van der Waals surface area contributed by atoms with Crippen LogP contribution in [0.15, 0.2) is 18.3 Å². The van der Waals surface area contributed by atoms with Gasteiger partial charge in [-0.1, -0.05) is 0 Å². The number of alkyl halides is 3. The molecule has 20 heavy (non-hydrogen) atoms. The molecule has 0 bridgehead atoms. The fourth-order valence-electron chi connectivity index (χ4n) is 1.27. The molecular formula is C11H13F3N2O4. The molecule has 0 aliphatic heterocycles. The number of hydrogen-bond donors (Lipinski definition) is 4. The van der Waals surface area contributed by atoms with Gasteiger partial charge in [-0.25, -0.2) is 0 Å². The van der Waals surface area contributed by atoms with Crippen molar-refractivity contribution >= 4 is 5.91 Å². The summed E-state index contributed by atoms with van der Waals surface area (Å²) in [7, 11) is 0. The predicted molar refractivity (Wildman–Crippen MR) is 60.7 cm³/mol. The molecule has 1 amide bonds. The maximum atomic E-state index is 12.3. The van der Waals surface area contributed by atoms with Gasteiger partial charge in [0.2, 0.25) is 0 Å². The molecule has 1 rings (SSSR count). The van der Waals surface area contributed by atoms with Gasteiger partial charge in [0.25, 0.3) is 5.91 Å². The molecule has 6 nitrogen and oxygen atoms in total. The van der Waals surface area contributed by atoms with Crippen molar-refractivity contribution in [2.45, 2.75) is 11.7 Å². The molecule has 0 atom stereocenters. The summed E-state index contributed by atoms with van der Waals surface area (Å²) in [6.07, 6.45) is -4.07. The molecule has 1 aromatic rings. The van der Waals surface area contributed by atoms with Crippen LogP contribution in [-0.2, 0) is 6.18 Å². The van der Waals surface area contributed by atoms with Crippen molar-refractivity contribution in [1.29, 1.82) is 0 Å². The van der Waals surface area contributed by atoms with Gasteiger partial charge < -0.3 is 20.6 Å². The van der Waals surface area contributed by atoms with Crippen LogP contribution in [0.25, 0.3) is 0 Å². The average molecular weight is 294 g/mol.